The topological polar surface area (TPSA) is 57.6 Å². The van der Waals surface area contributed by atoms with Crippen LogP contribution >= 0.6 is 0 Å². The zero-order chi connectivity index (χ0) is 17.3. The highest BCUT2D eigenvalue weighted by Gasteiger charge is 2.40. The summed E-state index contributed by atoms with van der Waals surface area (Å²) in [7, 11) is 0. The molecule has 2 aromatic carbocycles. The summed E-state index contributed by atoms with van der Waals surface area (Å²) >= 11 is 0. The number of hydrogen-bond acceptors (Lipinski definition) is 2. The van der Waals surface area contributed by atoms with Crippen LogP contribution in [0.4, 0.5) is 0 Å². The van der Waals surface area contributed by atoms with Gasteiger partial charge in [-0.1, -0.05) is 47.5 Å². The number of likely N-dealkylation sites (tertiary alicyclic amines) is 1. The van der Waals surface area contributed by atoms with Crippen molar-refractivity contribution in [3.63, 3.8) is 0 Å². The summed E-state index contributed by atoms with van der Waals surface area (Å²) < 4.78 is 0. The van der Waals surface area contributed by atoms with Gasteiger partial charge in [-0.05, 0) is 31.5 Å². The van der Waals surface area contributed by atoms with Crippen LogP contribution in [0.1, 0.15) is 33.0 Å². The number of aryl methyl sites for hydroxylation is 2. The number of carboxylic acid groups (broad SMARTS) is 1. The Bertz CT molecular complexity index is 749. The molecule has 0 spiro atoms. The first kappa shape index (κ1) is 16.2. The minimum Gasteiger partial charge on any atom is -0.481 e. The van der Waals surface area contributed by atoms with Crippen molar-refractivity contribution >= 4 is 11.9 Å². The number of hydrogen-bond donors (Lipinski definition) is 1. The molecule has 0 aliphatic carbocycles. The number of aliphatic carboxylic acids is 1. The first-order valence-corrected chi connectivity index (χ1v) is 8.11. The molecule has 1 aliphatic rings. The highest BCUT2D eigenvalue weighted by atomic mass is 16.4. The van der Waals surface area contributed by atoms with Crippen LogP contribution in [-0.4, -0.2) is 35.0 Å². The Morgan fingerprint density at radius 2 is 1.62 bits per heavy atom. The second-order valence-electron chi connectivity index (χ2n) is 6.55. The number of carbonyl (C=O) groups is 2. The van der Waals surface area contributed by atoms with E-state index < -0.39 is 11.9 Å². The number of benzene rings is 2. The van der Waals surface area contributed by atoms with Crippen molar-refractivity contribution in [3.8, 4) is 0 Å². The van der Waals surface area contributed by atoms with E-state index in [0.717, 1.165) is 16.7 Å². The summed E-state index contributed by atoms with van der Waals surface area (Å²) in [6.45, 7) is 4.61. The molecule has 2 atom stereocenters. The van der Waals surface area contributed by atoms with Gasteiger partial charge in [0.1, 0.15) is 0 Å². The first-order chi connectivity index (χ1) is 11.5. The van der Waals surface area contributed by atoms with Crippen molar-refractivity contribution in [1.82, 2.24) is 4.90 Å². The van der Waals surface area contributed by atoms with Crippen LogP contribution in [0.3, 0.4) is 0 Å². The van der Waals surface area contributed by atoms with Gasteiger partial charge in [-0.3, -0.25) is 9.59 Å². The highest BCUT2D eigenvalue weighted by molar-refractivity contribution is 5.95. The van der Waals surface area contributed by atoms with Crippen molar-refractivity contribution in [3.05, 3.63) is 70.8 Å². The zero-order valence-electron chi connectivity index (χ0n) is 13.9. The third-order valence-electron chi connectivity index (χ3n) is 4.62. The van der Waals surface area contributed by atoms with Crippen molar-refractivity contribution in [2.24, 2.45) is 5.92 Å². The molecule has 124 valence electrons. The lowest BCUT2D eigenvalue weighted by atomic mass is 9.89. The summed E-state index contributed by atoms with van der Waals surface area (Å²) in [5, 5.41) is 9.57. The molecular formula is C20H21NO3. The van der Waals surface area contributed by atoms with Gasteiger partial charge in [-0.25, -0.2) is 0 Å². The number of nitrogens with zero attached hydrogens (tertiary/aromatic N) is 1. The second kappa shape index (κ2) is 6.48. The molecule has 1 heterocycles. The summed E-state index contributed by atoms with van der Waals surface area (Å²) in [5.74, 6) is -1.67. The number of carbonyl (C=O) groups excluding carboxylic acids is 1. The van der Waals surface area contributed by atoms with E-state index in [1.807, 2.05) is 62.4 Å². The van der Waals surface area contributed by atoms with Crippen LogP contribution in [-0.2, 0) is 4.79 Å². The molecule has 1 amide bonds. The van der Waals surface area contributed by atoms with Gasteiger partial charge in [-0.15, -0.1) is 0 Å². The van der Waals surface area contributed by atoms with Gasteiger partial charge in [0.2, 0.25) is 0 Å². The summed E-state index contributed by atoms with van der Waals surface area (Å²) in [5.41, 5.74) is 3.67. The van der Waals surface area contributed by atoms with Gasteiger partial charge in [0.05, 0.1) is 5.92 Å². The average molecular weight is 323 g/mol. The van der Waals surface area contributed by atoms with Crippen LogP contribution in [0.5, 0.6) is 0 Å². The van der Waals surface area contributed by atoms with E-state index >= 15 is 0 Å². The quantitative estimate of drug-likeness (QED) is 0.943. The lowest BCUT2D eigenvalue weighted by molar-refractivity contribution is -0.141. The molecule has 2 unspecified atom stereocenters. The van der Waals surface area contributed by atoms with E-state index in [1.165, 1.54) is 0 Å². The Morgan fingerprint density at radius 1 is 1.00 bits per heavy atom. The normalized spacial score (nSPS) is 20.2. The van der Waals surface area contributed by atoms with E-state index in [2.05, 4.69) is 0 Å². The van der Waals surface area contributed by atoms with Crippen molar-refractivity contribution in [2.75, 3.05) is 13.1 Å². The Labute approximate surface area is 141 Å². The fourth-order valence-electron chi connectivity index (χ4n) is 3.54. The molecule has 4 nitrogen and oxygen atoms in total. The van der Waals surface area contributed by atoms with E-state index in [1.54, 1.807) is 4.90 Å². The van der Waals surface area contributed by atoms with Crippen molar-refractivity contribution in [1.29, 1.82) is 0 Å². The van der Waals surface area contributed by atoms with Gasteiger partial charge in [0, 0.05) is 24.6 Å². The fourth-order valence-corrected chi connectivity index (χ4v) is 3.54. The molecule has 24 heavy (non-hydrogen) atoms. The summed E-state index contributed by atoms with van der Waals surface area (Å²) in [6.07, 6.45) is 0. The zero-order valence-corrected chi connectivity index (χ0v) is 13.9. The smallest absolute Gasteiger partial charge is 0.308 e. The molecule has 0 aromatic heterocycles. The Hall–Kier alpha value is -2.62. The average Bonchev–Trinajstić information content (AvgIpc) is 2.99. The summed E-state index contributed by atoms with van der Waals surface area (Å²) in [6, 6.07) is 15.3. The molecule has 1 fully saturated rings. The third-order valence-corrected chi connectivity index (χ3v) is 4.62. The molecule has 3 rings (SSSR count). The predicted molar refractivity (Wildman–Crippen MR) is 92.1 cm³/mol. The molecule has 1 aliphatic heterocycles. The lowest BCUT2D eigenvalue weighted by Crippen LogP contribution is -2.30. The van der Waals surface area contributed by atoms with Gasteiger partial charge in [0.25, 0.3) is 5.91 Å². The maximum atomic E-state index is 12.8. The maximum absolute atomic E-state index is 12.8. The third kappa shape index (κ3) is 3.18. The number of carboxylic acids is 1. The minimum absolute atomic E-state index is 0.0912. The Balaban J connectivity index is 1.87. The summed E-state index contributed by atoms with van der Waals surface area (Å²) in [4.78, 5) is 26.2. The van der Waals surface area contributed by atoms with Crippen LogP contribution in [0.2, 0.25) is 0 Å². The minimum atomic E-state index is -0.848. The molecule has 0 radical (unpaired) electrons. The molecule has 0 bridgehead atoms. The van der Waals surface area contributed by atoms with Gasteiger partial charge in [0.15, 0.2) is 0 Å². The molecule has 0 saturated carbocycles. The molecule has 1 N–H and O–H groups in total. The van der Waals surface area contributed by atoms with E-state index in [-0.39, 0.29) is 18.4 Å². The largest absolute Gasteiger partial charge is 0.481 e. The molecular weight excluding hydrogens is 302 g/mol. The number of amides is 1. The fraction of sp³-hybridized carbons (Fsp3) is 0.300. The van der Waals surface area contributed by atoms with Crippen LogP contribution < -0.4 is 0 Å². The molecule has 1 saturated heterocycles. The van der Waals surface area contributed by atoms with Gasteiger partial charge in [-0.2, -0.15) is 0 Å². The molecule has 2 aromatic rings. The Kier molecular flexibility index (Phi) is 4.38. The number of rotatable bonds is 3. The van der Waals surface area contributed by atoms with Gasteiger partial charge < -0.3 is 10.0 Å². The standard InChI is InChI=1S/C20H21NO3/c1-13-8-14(2)10-16(9-13)19(22)21-11-17(18(12-21)20(23)24)15-6-4-3-5-7-15/h3-10,17-18H,11-12H2,1-2H3,(H,23,24). The van der Waals surface area contributed by atoms with Crippen LogP contribution in [0, 0.1) is 19.8 Å². The van der Waals surface area contributed by atoms with Crippen molar-refractivity contribution < 1.29 is 14.7 Å². The van der Waals surface area contributed by atoms with Crippen LogP contribution in [0.25, 0.3) is 0 Å². The van der Waals surface area contributed by atoms with Gasteiger partial charge >= 0.3 is 5.97 Å². The monoisotopic (exact) mass is 323 g/mol. The highest BCUT2D eigenvalue weighted by Crippen LogP contribution is 2.33. The maximum Gasteiger partial charge on any atom is 0.308 e. The molecule has 4 heteroatoms. The van der Waals surface area contributed by atoms with E-state index in [0.29, 0.717) is 12.1 Å². The van der Waals surface area contributed by atoms with E-state index in [4.69, 9.17) is 0 Å². The first-order valence-electron chi connectivity index (χ1n) is 8.11. The SMILES string of the molecule is Cc1cc(C)cc(C(=O)N2CC(C(=O)O)C(c3ccccc3)C2)c1. The Morgan fingerprint density at radius 3 is 2.21 bits per heavy atom. The lowest BCUT2D eigenvalue weighted by Gasteiger charge is -2.17. The van der Waals surface area contributed by atoms with Crippen LogP contribution in [0.15, 0.2) is 48.5 Å². The predicted octanol–water partition coefficient (Wildman–Crippen LogP) is 3.24. The van der Waals surface area contributed by atoms with Crippen molar-refractivity contribution in [2.45, 2.75) is 19.8 Å². The van der Waals surface area contributed by atoms with E-state index in [9.17, 15) is 14.7 Å². The second-order valence-corrected chi connectivity index (χ2v) is 6.55.